The van der Waals surface area contributed by atoms with E-state index in [2.05, 4.69) is 55.5 Å². The van der Waals surface area contributed by atoms with Crippen molar-refractivity contribution < 1.29 is 0 Å². The summed E-state index contributed by atoms with van der Waals surface area (Å²) >= 11 is 0.415. The van der Waals surface area contributed by atoms with Crippen LogP contribution >= 0.6 is 0 Å². The zero-order chi connectivity index (χ0) is 13.1. The Hall–Kier alpha value is -1.37. The molecule has 0 aliphatic carbocycles. The van der Waals surface area contributed by atoms with E-state index >= 15 is 0 Å². The Bertz CT molecular complexity index is 634. The van der Waals surface area contributed by atoms with Gasteiger partial charge in [-0.05, 0) is 0 Å². The molecule has 0 spiro atoms. The van der Waals surface area contributed by atoms with Gasteiger partial charge in [0.25, 0.3) is 0 Å². The Labute approximate surface area is 120 Å². The molecule has 3 aromatic rings. The Kier molecular flexibility index (Phi) is 3.81. The molecule has 1 heterocycles. The summed E-state index contributed by atoms with van der Waals surface area (Å²) in [6.07, 6.45) is 3.39. The molecule has 0 aliphatic rings. The average molecular weight is 314 g/mol. The summed E-state index contributed by atoms with van der Waals surface area (Å²) in [5.74, 6) is 0. The van der Waals surface area contributed by atoms with Gasteiger partial charge in [-0.1, -0.05) is 0 Å². The summed E-state index contributed by atoms with van der Waals surface area (Å²) in [5.41, 5.74) is 4.00. The predicted molar refractivity (Wildman–Crippen MR) is 81.9 cm³/mol. The molecule has 2 heteroatoms. The molecule has 0 saturated carbocycles. The standard InChI is InChI=1S/C17H17NSe/c1-2-5-13-8-10-14(11-9-13)12-17-18-15-6-3-4-7-16(15)19-17/h3-4,6-11H,2,5,12H2,1H3. The van der Waals surface area contributed by atoms with E-state index in [-0.39, 0.29) is 0 Å². The number of nitrogens with zero attached hydrogens (tertiary/aromatic N) is 1. The van der Waals surface area contributed by atoms with E-state index in [0.717, 1.165) is 6.42 Å². The fourth-order valence-electron chi connectivity index (χ4n) is 2.28. The fourth-order valence-corrected chi connectivity index (χ4v) is 4.38. The second kappa shape index (κ2) is 5.73. The van der Waals surface area contributed by atoms with Gasteiger partial charge in [-0.2, -0.15) is 0 Å². The molecule has 0 atom stereocenters. The molecule has 1 aromatic heterocycles. The van der Waals surface area contributed by atoms with Gasteiger partial charge in [-0.15, -0.1) is 0 Å². The summed E-state index contributed by atoms with van der Waals surface area (Å²) in [6, 6.07) is 17.5. The predicted octanol–water partition coefficient (Wildman–Crippen LogP) is 3.84. The topological polar surface area (TPSA) is 12.9 Å². The molecule has 2 aromatic carbocycles. The van der Waals surface area contributed by atoms with E-state index in [1.165, 1.54) is 38.3 Å². The minimum atomic E-state index is 0.415. The van der Waals surface area contributed by atoms with Gasteiger partial charge in [0.2, 0.25) is 0 Å². The van der Waals surface area contributed by atoms with Gasteiger partial charge in [0.05, 0.1) is 0 Å². The third-order valence-corrected chi connectivity index (χ3v) is 5.43. The van der Waals surface area contributed by atoms with Crippen LogP contribution in [0.1, 0.15) is 29.0 Å². The Morgan fingerprint density at radius 3 is 2.42 bits per heavy atom. The van der Waals surface area contributed by atoms with E-state index < -0.39 is 0 Å². The molecule has 96 valence electrons. The van der Waals surface area contributed by atoms with Crippen LogP contribution in [0.15, 0.2) is 48.5 Å². The molecule has 0 bridgehead atoms. The second-order valence-electron chi connectivity index (χ2n) is 4.82. The van der Waals surface area contributed by atoms with Crippen molar-refractivity contribution >= 4 is 24.3 Å². The van der Waals surface area contributed by atoms with Crippen molar-refractivity contribution in [3.8, 4) is 0 Å². The molecule has 0 fully saturated rings. The van der Waals surface area contributed by atoms with E-state index in [0.29, 0.717) is 14.5 Å². The third-order valence-electron chi connectivity index (χ3n) is 3.26. The van der Waals surface area contributed by atoms with Gasteiger partial charge in [0, 0.05) is 0 Å². The molecule has 0 radical (unpaired) electrons. The van der Waals surface area contributed by atoms with Crippen molar-refractivity contribution in [2.24, 2.45) is 0 Å². The minimum absolute atomic E-state index is 0.415. The second-order valence-corrected chi connectivity index (χ2v) is 7.16. The fraction of sp³-hybridized carbons (Fsp3) is 0.235. The van der Waals surface area contributed by atoms with Gasteiger partial charge >= 0.3 is 120 Å². The molecule has 0 amide bonds. The molecule has 3 rings (SSSR count). The molecule has 0 saturated heterocycles. The van der Waals surface area contributed by atoms with Crippen LogP contribution in [-0.4, -0.2) is 19.5 Å². The number of hydrogen-bond donors (Lipinski definition) is 0. The number of benzene rings is 2. The van der Waals surface area contributed by atoms with Crippen molar-refractivity contribution in [3.63, 3.8) is 0 Å². The van der Waals surface area contributed by atoms with Gasteiger partial charge in [0.1, 0.15) is 0 Å². The number of rotatable bonds is 4. The van der Waals surface area contributed by atoms with Crippen LogP contribution in [0.5, 0.6) is 0 Å². The zero-order valence-corrected chi connectivity index (χ0v) is 12.8. The van der Waals surface area contributed by atoms with E-state index in [1.807, 2.05) is 0 Å². The number of aromatic nitrogens is 1. The monoisotopic (exact) mass is 315 g/mol. The van der Waals surface area contributed by atoms with E-state index in [9.17, 15) is 0 Å². The first-order valence-electron chi connectivity index (χ1n) is 6.77. The van der Waals surface area contributed by atoms with Crippen LogP contribution in [0.4, 0.5) is 0 Å². The van der Waals surface area contributed by atoms with Gasteiger partial charge in [0.15, 0.2) is 0 Å². The number of para-hydroxylation sites is 1. The van der Waals surface area contributed by atoms with Crippen LogP contribution in [0.3, 0.4) is 0 Å². The summed E-state index contributed by atoms with van der Waals surface area (Å²) in [5, 5.41) is 0. The van der Waals surface area contributed by atoms with Crippen molar-refractivity contribution in [2.45, 2.75) is 26.2 Å². The summed E-state index contributed by atoms with van der Waals surface area (Å²) in [4.78, 5) is 4.75. The van der Waals surface area contributed by atoms with Gasteiger partial charge in [-0.25, -0.2) is 0 Å². The summed E-state index contributed by atoms with van der Waals surface area (Å²) in [6.45, 7) is 2.22. The summed E-state index contributed by atoms with van der Waals surface area (Å²) in [7, 11) is 0. The Morgan fingerprint density at radius 1 is 0.947 bits per heavy atom. The molecule has 1 nitrogen and oxygen atoms in total. The van der Waals surface area contributed by atoms with E-state index in [1.54, 1.807) is 0 Å². The van der Waals surface area contributed by atoms with Crippen molar-refractivity contribution in [1.82, 2.24) is 4.98 Å². The molecular formula is C17H17NSe. The number of aryl methyl sites for hydroxylation is 1. The molecule has 0 unspecified atom stereocenters. The van der Waals surface area contributed by atoms with Crippen LogP contribution in [0.2, 0.25) is 0 Å². The summed E-state index contributed by atoms with van der Waals surface area (Å²) < 4.78 is 2.77. The molecule has 0 aliphatic heterocycles. The average Bonchev–Trinajstić information content (AvgIpc) is 2.83. The van der Waals surface area contributed by atoms with Crippen LogP contribution < -0.4 is 0 Å². The first-order valence-corrected chi connectivity index (χ1v) is 8.49. The molecular weight excluding hydrogens is 297 g/mol. The first kappa shape index (κ1) is 12.7. The SMILES string of the molecule is CCCc1ccc(Cc2nc3ccccc3[se]2)cc1. The van der Waals surface area contributed by atoms with Crippen LogP contribution in [-0.2, 0) is 12.8 Å². The number of fused-ring (bicyclic) bond motifs is 1. The van der Waals surface area contributed by atoms with Crippen molar-refractivity contribution in [3.05, 3.63) is 64.2 Å². The zero-order valence-electron chi connectivity index (χ0n) is 11.1. The Balaban J connectivity index is 1.80. The normalized spacial score (nSPS) is 11.0. The van der Waals surface area contributed by atoms with Gasteiger partial charge < -0.3 is 0 Å². The first-order chi connectivity index (χ1) is 9.35. The molecule has 19 heavy (non-hydrogen) atoms. The van der Waals surface area contributed by atoms with E-state index in [4.69, 9.17) is 4.98 Å². The Morgan fingerprint density at radius 2 is 1.68 bits per heavy atom. The maximum atomic E-state index is 4.75. The van der Waals surface area contributed by atoms with Crippen LogP contribution in [0, 0.1) is 0 Å². The maximum absolute atomic E-state index is 4.75. The molecule has 0 N–H and O–H groups in total. The van der Waals surface area contributed by atoms with Crippen LogP contribution in [0.25, 0.3) is 9.78 Å². The number of hydrogen-bond acceptors (Lipinski definition) is 1. The van der Waals surface area contributed by atoms with Crippen molar-refractivity contribution in [2.75, 3.05) is 0 Å². The third kappa shape index (κ3) is 2.97. The van der Waals surface area contributed by atoms with Gasteiger partial charge in [-0.3, -0.25) is 0 Å². The quantitative estimate of drug-likeness (QED) is 0.667. The van der Waals surface area contributed by atoms with Crippen molar-refractivity contribution in [1.29, 1.82) is 0 Å².